The fourth-order valence-electron chi connectivity index (χ4n) is 9.65. The van der Waals surface area contributed by atoms with Gasteiger partial charge >= 0.3 is 0 Å². The average molecular weight is 1130 g/mol. The predicted octanol–water partition coefficient (Wildman–Crippen LogP) is 20.0. The van der Waals surface area contributed by atoms with Crippen LogP contribution < -0.4 is 0 Å². The summed E-state index contributed by atoms with van der Waals surface area (Å²) >= 11 is 0. The standard InChI is InChI=1S/2C18H29NO2.2C16H25NO2.CH4/c2*1-4-5-6-7-8-9-10-11-16-12-14(2)18(20)17(13-16)15(3)19-21;2*1-2-3-4-5-6-7-8-9-14-10-11-16(18)15(12-14)13-17-19;/h2*12-13,20-21H,4-11H2,1-3H3;2*10-13,18-19H,2-9H2,1H3;1H4/b2*19-15-;2*17-13-;. The first-order chi connectivity index (χ1) is 38.7. The van der Waals surface area contributed by atoms with Gasteiger partial charge in [0, 0.05) is 22.3 Å². The molecular formula is C69H112N4O8. The number of benzene rings is 4. The van der Waals surface area contributed by atoms with E-state index in [2.05, 4.69) is 48.3 Å². The van der Waals surface area contributed by atoms with Gasteiger partial charge in [0.05, 0.1) is 23.9 Å². The molecule has 0 aromatic heterocycles. The number of aromatic hydroxyl groups is 4. The van der Waals surface area contributed by atoms with Crippen molar-refractivity contribution in [3.8, 4) is 23.0 Å². The Morgan fingerprint density at radius 3 is 0.877 bits per heavy atom. The summed E-state index contributed by atoms with van der Waals surface area (Å²) in [6, 6.07) is 18.9. The summed E-state index contributed by atoms with van der Waals surface area (Å²) in [5.74, 6) is 0.740. The Morgan fingerprint density at radius 1 is 0.358 bits per heavy atom. The van der Waals surface area contributed by atoms with E-state index in [4.69, 9.17) is 20.8 Å². The first-order valence-electron chi connectivity index (χ1n) is 30.8. The largest absolute Gasteiger partial charge is 0.507 e. The van der Waals surface area contributed by atoms with Crippen molar-refractivity contribution in [2.45, 2.75) is 268 Å². The molecule has 8 N–H and O–H groups in total. The molecule has 0 aliphatic rings. The van der Waals surface area contributed by atoms with Gasteiger partial charge in [-0.15, -0.1) is 0 Å². The van der Waals surface area contributed by atoms with E-state index in [1.54, 1.807) is 26.0 Å². The van der Waals surface area contributed by atoms with E-state index < -0.39 is 0 Å². The topological polar surface area (TPSA) is 211 Å². The van der Waals surface area contributed by atoms with E-state index in [1.165, 1.54) is 214 Å². The van der Waals surface area contributed by atoms with Crippen molar-refractivity contribution in [3.63, 3.8) is 0 Å². The van der Waals surface area contributed by atoms with E-state index in [-0.39, 0.29) is 30.4 Å². The fourth-order valence-corrected chi connectivity index (χ4v) is 9.65. The minimum atomic E-state index is 0. The Bertz CT molecular complexity index is 2200. The number of unbranched alkanes of at least 4 members (excludes halogenated alkanes) is 24. The van der Waals surface area contributed by atoms with Gasteiger partial charge in [-0.25, -0.2) is 0 Å². The Labute approximate surface area is 491 Å². The molecule has 0 fully saturated rings. The predicted molar refractivity (Wildman–Crippen MR) is 342 cm³/mol. The highest BCUT2D eigenvalue weighted by Crippen LogP contribution is 2.28. The van der Waals surface area contributed by atoms with Crippen molar-refractivity contribution in [2.24, 2.45) is 20.6 Å². The highest BCUT2D eigenvalue weighted by Gasteiger charge is 2.12. The third kappa shape index (κ3) is 34.1. The van der Waals surface area contributed by atoms with Gasteiger partial charge < -0.3 is 41.3 Å². The third-order valence-electron chi connectivity index (χ3n) is 14.7. The van der Waals surface area contributed by atoms with Crippen molar-refractivity contribution in [2.75, 3.05) is 0 Å². The normalized spacial score (nSPS) is 11.4. The molecule has 456 valence electrons. The van der Waals surface area contributed by atoms with Gasteiger partial charge in [0.2, 0.25) is 0 Å². The lowest BCUT2D eigenvalue weighted by molar-refractivity contribution is 0.318. The van der Waals surface area contributed by atoms with Crippen molar-refractivity contribution in [1.82, 2.24) is 0 Å². The average Bonchev–Trinajstić information content (AvgIpc) is 3.45. The molecule has 0 aliphatic heterocycles. The lowest BCUT2D eigenvalue weighted by Gasteiger charge is -2.10. The number of oxime groups is 4. The van der Waals surface area contributed by atoms with Crippen LogP contribution in [0.15, 0.2) is 81.3 Å². The summed E-state index contributed by atoms with van der Waals surface area (Å²) in [6.45, 7) is 16.1. The first-order valence-corrected chi connectivity index (χ1v) is 30.8. The second-order valence-corrected chi connectivity index (χ2v) is 21.7. The molecule has 4 rings (SSSR count). The molecule has 4 aromatic rings. The summed E-state index contributed by atoms with van der Waals surface area (Å²) < 4.78 is 0. The van der Waals surface area contributed by atoms with Gasteiger partial charge in [-0.2, -0.15) is 0 Å². The number of aryl methyl sites for hydroxylation is 6. The summed E-state index contributed by atoms with van der Waals surface area (Å²) in [4.78, 5) is 0. The molecule has 0 bridgehead atoms. The third-order valence-corrected chi connectivity index (χ3v) is 14.7. The molecule has 0 atom stereocenters. The van der Waals surface area contributed by atoms with Crippen LogP contribution in [0.25, 0.3) is 0 Å². The number of phenols is 4. The minimum Gasteiger partial charge on any atom is -0.507 e. The monoisotopic (exact) mass is 1120 g/mol. The number of hydrogen-bond donors (Lipinski definition) is 8. The van der Waals surface area contributed by atoms with Gasteiger partial charge in [0.1, 0.15) is 23.0 Å². The molecule has 0 aliphatic carbocycles. The number of hydrogen-bond acceptors (Lipinski definition) is 12. The van der Waals surface area contributed by atoms with Gasteiger partial charge in [-0.1, -0.05) is 234 Å². The molecule has 81 heavy (non-hydrogen) atoms. The van der Waals surface area contributed by atoms with Crippen LogP contribution in [0.1, 0.15) is 284 Å². The molecule has 0 heterocycles. The molecule has 0 saturated heterocycles. The lowest BCUT2D eigenvalue weighted by atomic mass is 9.98. The number of rotatable bonds is 36. The number of nitrogens with zero attached hydrogens (tertiary/aromatic N) is 4. The van der Waals surface area contributed by atoms with Gasteiger partial charge in [0.15, 0.2) is 0 Å². The summed E-state index contributed by atoms with van der Waals surface area (Å²) in [7, 11) is 0. The van der Waals surface area contributed by atoms with Crippen LogP contribution in [0.2, 0.25) is 0 Å². The zero-order valence-corrected chi connectivity index (χ0v) is 50.9. The van der Waals surface area contributed by atoms with Gasteiger partial charge in [0.25, 0.3) is 0 Å². The van der Waals surface area contributed by atoms with Crippen molar-refractivity contribution in [3.05, 3.63) is 116 Å². The molecule has 0 unspecified atom stereocenters. The molecule has 0 spiro atoms. The Morgan fingerprint density at radius 2 is 0.617 bits per heavy atom. The van der Waals surface area contributed by atoms with Crippen LogP contribution in [0.5, 0.6) is 23.0 Å². The van der Waals surface area contributed by atoms with E-state index in [9.17, 15) is 20.4 Å². The zero-order valence-electron chi connectivity index (χ0n) is 50.9. The molecule has 0 amide bonds. The second kappa shape index (κ2) is 48.6. The molecule has 4 aromatic carbocycles. The summed E-state index contributed by atoms with van der Waals surface area (Å²) in [5, 5.41) is 86.3. The van der Waals surface area contributed by atoms with E-state index >= 15 is 0 Å². The van der Waals surface area contributed by atoms with Gasteiger partial charge in [-0.05, 0) is 149 Å². The molecule has 0 saturated carbocycles. The van der Waals surface area contributed by atoms with E-state index in [0.29, 0.717) is 33.7 Å². The van der Waals surface area contributed by atoms with Crippen molar-refractivity contribution < 1.29 is 41.3 Å². The Kier molecular flexibility index (Phi) is 45.0. The number of phenolic OH excluding ortho intramolecular Hbond substituents is 4. The van der Waals surface area contributed by atoms with Crippen LogP contribution in [-0.2, 0) is 25.7 Å². The second-order valence-electron chi connectivity index (χ2n) is 21.7. The Hall–Kier alpha value is -6.04. The van der Waals surface area contributed by atoms with Crippen LogP contribution in [0, 0.1) is 13.8 Å². The van der Waals surface area contributed by atoms with Crippen molar-refractivity contribution in [1.29, 1.82) is 0 Å². The van der Waals surface area contributed by atoms with E-state index in [1.807, 2.05) is 62.4 Å². The molecule has 12 nitrogen and oxygen atoms in total. The van der Waals surface area contributed by atoms with E-state index in [0.717, 1.165) is 36.8 Å². The maximum atomic E-state index is 10.0. The summed E-state index contributed by atoms with van der Waals surface area (Å²) in [6.07, 6.45) is 42.9. The smallest absolute Gasteiger partial charge is 0.127 e. The van der Waals surface area contributed by atoms with Crippen LogP contribution in [0.3, 0.4) is 0 Å². The van der Waals surface area contributed by atoms with Crippen molar-refractivity contribution >= 4 is 23.9 Å². The SMILES string of the molecule is C.CCCCCCCCCc1cc(C)c(O)c(/C(C)=N\O)c1.CCCCCCCCCc1cc(C)c(O)c(/C(C)=N\O)c1.CCCCCCCCCc1ccc(O)c(/C=N\O)c1.CCCCCCCCCc1ccc(O)c(/C=N\O)c1. The fraction of sp³-hybridized carbons (Fsp3) is 0.594. The van der Waals surface area contributed by atoms with Crippen LogP contribution in [0.4, 0.5) is 0 Å². The van der Waals surface area contributed by atoms with Crippen LogP contribution in [-0.4, -0.2) is 65.1 Å². The minimum absolute atomic E-state index is 0. The first kappa shape index (κ1) is 75.0. The summed E-state index contributed by atoms with van der Waals surface area (Å²) in [5.41, 5.74) is 9.78. The Balaban J connectivity index is 0.00000105. The zero-order chi connectivity index (χ0) is 59.2. The maximum absolute atomic E-state index is 10.0. The van der Waals surface area contributed by atoms with Gasteiger partial charge in [-0.3, -0.25) is 0 Å². The maximum Gasteiger partial charge on any atom is 0.127 e. The molecule has 12 heteroatoms. The lowest BCUT2D eigenvalue weighted by Crippen LogP contribution is -1.99. The molecular weight excluding hydrogens is 1010 g/mol. The highest BCUT2D eigenvalue weighted by atomic mass is 16.4. The molecule has 0 radical (unpaired) electrons. The van der Waals surface area contributed by atoms with Crippen LogP contribution >= 0.6 is 0 Å². The highest BCUT2D eigenvalue weighted by molar-refractivity contribution is 6.01. The quantitative estimate of drug-likeness (QED) is 0.00948.